The molecule has 4 atom stereocenters. The number of amides is 2. The molecular formula is C17H15FN2O2. The lowest BCUT2D eigenvalue weighted by molar-refractivity contribution is -0.140. The van der Waals surface area contributed by atoms with Crippen LogP contribution in [0.3, 0.4) is 0 Å². The number of fused-ring (bicyclic) bond motifs is 1. The van der Waals surface area contributed by atoms with Crippen LogP contribution in [0.25, 0.3) is 0 Å². The highest BCUT2D eigenvalue weighted by atomic mass is 19.1. The Bertz CT molecular complexity index is 663. The minimum atomic E-state index is -0.334. The van der Waals surface area contributed by atoms with Crippen molar-refractivity contribution < 1.29 is 14.0 Å². The molecule has 1 heterocycles. The summed E-state index contributed by atoms with van der Waals surface area (Å²) in [5.74, 6) is -0.905. The van der Waals surface area contributed by atoms with E-state index in [1.54, 1.807) is 12.1 Å². The third-order valence-corrected chi connectivity index (χ3v) is 4.93. The summed E-state index contributed by atoms with van der Waals surface area (Å²) in [6.45, 7) is 0. The molecule has 0 unspecified atom stereocenters. The first-order valence-electron chi connectivity index (χ1n) is 7.51. The van der Waals surface area contributed by atoms with Crippen molar-refractivity contribution in [2.75, 3.05) is 0 Å². The Morgan fingerprint density at radius 1 is 1.00 bits per heavy atom. The monoisotopic (exact) mass is 298 g/mol. The number of carbonyl (C=O) groups excluding carboxylic acids is 2. The van der Waals surface area contributed by atoms with Gasteiger partial charge in [0, 0.05) is 0 Å². The van der Waals surface area contributed by atoms with E-state index in [0.29, 0.717) is 5.56 Å². The number of benzene rings is 1. The third-order valence-electron chi connectivity index (χ3n) is 4.93. The van der Waals surface area contributed by atoms with Gasteiger partial charge in [-0.15, -0.1) is 0 Å². The fourth-order valence-corrected chi connectivity index (χ4v) is 3.85. The topological polar surface area (TPSA) is 49.7 Å². The molecule has 0 N–H and O–H groups in total. The highest BCUT2D eigenvalue weighted by Gasteiger charge is 2.56. The number of nitrogens with zero attached hydrogens (tertiary/aromatic N) is 2. The number of imide groups is 1. The second-order valence-corrected chi connectivity index (χ2v) is 6.13. The van der Waals surface area contributed by atoms with Crippen LogP contribution in [-0.4, -0.2) is 23.0 Å². The number of hydrogen-bond acceptors (Lipinski definition) is 3. The van der Waals surface area contributed by atoms with E-state index in [1.807, 2.05) is 0 Å². The first-order chi connectivity index (χ1) is 10.6. The van der Waals surface area contributed by atoms with Crippen molar-refractivity contribution in [1.29, 1.82) is 0 Å². The lowest BCUT2D eigenvalue weighted by Gasteiger charge is -2.37. The van der Waals surface area contributed by atoms with Crippen LogP contribution in [0.5, 0.6) is 0 Å². The standard InChI is InChI=1S/C17H15FN2O2/c18-13-7-1-10(2-8-13)9-19-20-16(21)14-11-3-4-12(6-5-11)15(14)17(20)22/h1-4,7-9,11-12,14-15H,5-6H2/b19-9-/t11-,12-,14+,15+/m0/s1. The van der Waals surface area contributed by atoms with E-state index in [0.717, 1.165) is 17.9 Å². The molecule has 2 fully saturated rings. The first kappa shape index (κ1) is 13.4. The average molecular weight is 298 g/mol. The summed E-state index contributed by atoms with van der Waals surface area (Å²) < 4.78 is 12.9. The minimum Gasteiger partial charge on any atom is -0.272 e. The highest BCUT2D eigenvalue weighted by molar-refractivity contribution is 6.06. The second kappa shape index (κ2) is 4.87. The summed E-state index contributed by atoms with van der Waals surface area (Å²) in [6, 6.07) is 5.75. The Hall–Kier alpha value is -2.30. The molecule has 2 bridgehead atoms. The number of hydrogen-bond donors (Lipinski definition) is 0. The van der Waals surface area contributed by atoms with Crippen molar-refractivity contribution in [2.45, 2.75) is 12.8 Å². The van der Waals surface area contributed by atoms with Crippen LogP contribution in [0.15, 0.2) is 41.5 Å². The quantitative estimate of drug-likeness (QED) is 0.478. The SMILES string of the molecule is O=C1[C@H]2[C@H](C(=O)N1/N=C\c1ccc(F)cc1)[C@H]1C=C[C@H]2CC1. The fraction of sp³-hybridized carbons (Fsp3) is 0.353. The van der Waals surface area contributed by atoms with Crippen LogP contribution in [0.4, 0.5) is 4.39 Å². The molecule has 1 saturated heterocycles. The Balaban J connectivity index is 1.60. The maximum Gasteiger partial charge on any atom is 0.254 e. The molecule has 1 saturated carbocycles. The van der Waals surface area contributed by atoms with E-state index < -0.39 is 0 Å². The molecule has 112 valence electrons. The van der Waals surface area contributed by atoms with E-state index in [9.17, 15) is 14.0 Å². The highest BCUT2D eigenvalue weighted by Crippen LogP contribution is 2.49. The number of allylic oxidation sites excluding steroid dienone is 2. The molecule has 0 spiro atoms. The van der Waals surface area contributed by atoms with Gasteiger partial charge in [-0.3, -0.25) is 9.59 Å². The van der Waals surface area contributed by atoms with Gasteiger partial charge in [-0.2, -0.15) is 10.1 Å². The largest absolute Gasteiger partial charge is 0.272 e. The van der Waals surface area contributed by atoms with Crippen LogP contribution in [0.2, 0.25) is 0 Å². The summed E-state index contributed by atoms with van der Waals surface area (Å²) in [7, 11) is 0. The number of rotatable bonds is 2. The van der Waals surface area contributed by atoms with Gasteiger partial charge in [-0.25, -0.2) is 4.39 Å². The van der Waals surface area contributed by atoms with E-state index in [4.69, 9.17) is 0 Å². The van der Waals surface area contributed by atoms with E-state index in [2.05, 4.69) is 17.3 Å². The van der Waals surface area contributed by atoms with Gasteiger partial charge in [0.15, 0.2) is 0 Å². The molecule has 1 aromatic carbocycles. The van der Waals surface area contributed by atoms with Crippen molar-refractivity contribution in [3.05, 3.63) is 47.8 Å². The molecule has 5 rings (SSSR count). The molecule has 3 aliphatic carbocycles. The summed E-state index contributed by atoms with van der Waals surface area (Å²) >= 11 is 0. The second-order valence-electron chi connectivity index (χ2n) is 6.13. The zero-order chi connectivity index (χ0) is 15.3. The summed E-state index contributed by atoms with van der Waals surface area (Å²) in [5.41, 5.74) is 0.651. The summed E-state index contributed by atoms with van der Waals surface area (Å²) in [5, 5.41) is 5.08. The zero-order valence-electron chi connectivity index (χ0n) is 11.9. The molecule has 5 heteroatoms. The minimum absolute atomic E-state index is 0.164. The predicted octanol–water partition coefficient (Wildman–Crippen LogP) is 2.36. The number of carbonyl (C=O) groups is 2. The van der Waals surface area contributed by atoms with Gasteiger partial charge in [0.25, 0.3) is 11.8 Å². The normalized spacial score (nSPS) is 33.0. The molecule has 4 aliphatic rings. The summed E-state index contributed by atoms with van der Waals surface area (Å²) in [6.07, 6.45) is 7.52. The predicted molar refractivity (Wildman–Crippen MR) is 78.2 cm³/mol. The van der Waals surface area contributed by atoms with Crippen molar-refractivity contribution >= 4 is 18.0 Å². The van der Waals surface area contributed by atoms with E-state index in [1.165, 1.54) is 18.3 Å². The van der Waals surface area contributed by atoms with Gasteiger partial charge in [0.1, 0.15) is 5.82 Å². The molecule has 0 radical (unpaired) electrons. The van der Waals surface area contributed by atoms with Gasteiger partial charge in [0.2, 0.25) is 0 Å². The smallest absolute Gasteiger partial charge is 0.254 e. The number of hydrazone groups is 1. The Morgan fingerprint density at radius 2 is 1.55 bits per heavy atom. The van der Waals surface area contributed by atoms with Gasteiger partial charge < -0.3 is 0 Å². The molecule has 2 amide bonds. The van der Waals surface area contributed by atoms with E-state index in [-0.39, 0.29) is 41.3 Å². The maximum atomic E-state index is 12.9. The molecule has 0 aromatic heterocycles. The van der Waals surface area contributed by atoms with Gasteiger partial charge in [-0.1, -0.05) is 24.3 Å². The Kier molecular flexibility index (Phi) is 2.96. The van der Waals surface area contributed by atoms with Gasteiger partial charge in [0.05, 0.1) is 18.1 Å². The van der Waals surface area contributed by atoms with Crippen molar-refractivity contribution in [2.24, 2.45) is 28.8 Å². The van der Waals surface area contributed by atoms with Gasteiger partial charge >= 0.3 is 0 Å². The van der Waals surface area contributed by atoms with Crippen LogP contribution in [-0.2, 0) is 9.59 Å². The third kappa shape index (κ3) is 1.92. The van der Waals surface area contributed by atoms with Crippen LogP contribution < -0.4 is 0 Å². The molecule has 22 heavy (non-hydrogen) atoms. The van der Waals surface area contributed by atoms with Gasteiger partial charge in [-0.05, 0) is 42.4 Å². The molecule has 4 nitrogen and oxygen atoms in total. The van der Waals surface area contributed by atoms with Crippen molar-refractivity contribution in [1.82, 2.24) is 5.01 Å². The van der Waals surface area contributed by atoms with E-state index >= 15 is 0 Å². The van der Waals surface area contributed by atoms with Crippen molar-refractivity contribution in [3.8, 4) is 0 Å². The average Bonchev–Trinajstić information content (AvgIpc) is 2.82. The molecule has 1 aromatic rings. The Labute approximate surface area is 127 Å². The van der Waals surface area contributed by atoms with Crippen molar-refractivity contribution in [3.63, 3.8) is 0 Å². The Morgan fingerprint density at radius 3 is 2.05 bits per heavy atom. The first-order valence-corrected chi connectivity index (χ1v) is 7.51. The lowest BCUT2D eigenvalue weighted by Crippen LogP contribution is -2.38. The zero-order valence-corrected chi connectivity index (χ0v) is 11.9. The lowest BCUT2D eigenvalue weighted by atomic mass is 9.63. The maximum absolute atomic E-state index is 12.9. The van der Waals surface area contributed by atoms with Crippen LogP contribution in [0.1, 0.15) is 18.4 Å². The van der Waals surface area contributed by atoms with Crippen LogP contribution in [0, 0.1) is 29.5 Å². The van der Waals surface area contributed by atoms with Crippen LogP contribution >= 0.6 is 0 Å². The summed E-state index contributed by atoms with van der Waals surface area (Å²) in [4.78, 5) is 25.0. The fourth-order valence-electron chi connectivity index (χ4n) is 3.85. The molecule has 1 aliphatic heterocycles. The number of halogens is 1. The molecular weight excluding hydrogens is 283 g/mol.